The highest BCUT2D eigenvalue weighted by atomic mass is 28.4. The number of aliphatic hydroxyl groups is 4. The van der Waals surface area contributed by atoms with Crippen LogP contribution in [0.5, 0.6) is 0 Å². The van der Waals surface area contributed by atoms with Gasteiger partial charge in [-0.05, 0) is 66.2 Å². The van der Waals surface area contributed by atoms with E-state index in [2.05, 4.69) is 26.0 Å². The minimum atomic E-state index is -2.80. The van der Waals surface area contributed by atoms with Crippen LogP contribution in [0.2, 0.25) is 0 Å². The van der Waals surface area contributed by atoms with E-state index in [4.69, 9.17) is 43.2 Å². The maximum absolute atomic E-state index is 10.3. The Bertz CT molecular complexity index is 572. The zero-order valence-corrected chi connectivity index (χ0v) is 33.0. The Kier molecular flexibility index (Phi) is 54.1. The van der Waals surface area contributed by atoms with Crippen LogP contribution in [0.3, 0.4) is 0 Å². The van der Waals surface area contributed by atoms with E-state index in [1.165, 1.54) is 70.6 Å². The molecule has 0 heterocycles. The summed E-state index contributed by atoms with van der Waals surface area (Å²) in [4.78, 5) is 12.1. The number of carboxylic acids is 1. The molecule has 292 valence electrons. The highest BCUT2D eigenvalue weighted by Crippen LogP contribution is 2.12. The van der Waals surface area contributed by atoms with Gasteiger partial charge in [-0.15, -0.1) is 0 Å². The van der Waals surface area contributed by atoms with Gasteiger partial charge in [0.2, 0.25) is 0 Å². The summed E-state index contributed by atoms with van der Waals surface area (Å²) < 4.78 is 21.7. The molecule has 0 atom stereocenters. The Morgan fingerprint density at radius 1 is 0.521 bits per heavy atom. The molecule has 12 heteroatoms. The van der Waals surface area contributed by atoms with Crippen molar-refractivity contribution in [3.63, 3.8) is 0 Å². The smallest absolute Gasteiger partial charge is 0.481 e. The highest BCUT2D eigenvalue weighted by molar-refractivity contribution is 6.53. The van der Waals surface area contributed by atoms with E-state index in [0.717, 1.165) is 25.7 Å². The maximum Gasteiger partial charge on any atom is 0.679 e. The molecule has 48 heavy (non-hydrogen) atoms. The molecular weight excluding hydrogens is 634 g/mol. The summed E-state index contributed by atoms with van der Waals surface area (Å²) in [5.41, 5.74) is 0. The minimum absolute atomic E-state index is 0.0694. The Labute approximate surface area is 296 Å². The Hall–Kier alpha value is -0.933. The Morgan fingerprint density at radius 3 is 1.17 bits per heavy atom. The molecule has 0 bridgehead atoms. The van der Waals surface area contributed by atoms with Gasteiger partial charge in [-0.25, -0.2) is 0 Å². The Balaban J connectivity index is -0.000000297. The second-order valence-electron chi connectivity index (χ2n) is 11.0. The van der Waals surface area contributed by atoms with Crippen molar-refractivity contribution in [1.29, 1.82) is 0 Å². The van der Waals surface area contributed by atoms with Crippen molar-refractivity contribution in [2.75, 3.05) is 72.5 Å². The summed E-state index contributed by atoms with van der Waals surface area (Å²) in [6.07, 6.45) is 23.3. The van der Waals surface area contributed by atoms with E-state index in [9.17, 15) is 4.79 Å². The molecule has 0 aromatic carbocycles. The van der Waals surface area contributed by atoms with Crippen molar-refractivity contribution in [2.45, 2.75) is 144 Å². The van der Waals surface area contributed by atoms with E-state index in [1.807, 2.05) is 27.7 Å². The van der Waals surface area contributed by atoms with Crippen LogP contribution in [-0.2, 0) is 22.5 Å². The lowest BCUT2D eigenvalue weighted by atomic mass is 10.1. The van der Waals surface area contributed by atoms with Crippen LogP contribution in [0.1, 0.15) is 144 Å². The van der Waals surface area contributed by atoms with Crippen LogP contribution >= 0.6 is 0 Å². The summed E-state index contributed by atoms with van der Waals surface area (Å²) in [6.45, 7) is 16.2. The number of allylic oxidation sites excluding steroid dienone is 2. The van der Waals surface area contributed by atoms with E-state index < -0.39 is 15.0 Å². The van der Waals surface area contributed by atoms with Gasteiger partial charge in [0.15, 0.2) is 0 Å². The molecule has 0 radical (unpaired) electrons. The van der Waals surface area contributed by atoms with Crippen molar-refractivity contribution in [2.24, 2.45) is 0 Å². The normalized spacial score (nSPS) is 11.1. The van der Waals surface area contributed by atoms with Crippen LogP contribution in [0, 0.1) is 0 Å². The molecule has 0 saturated heterocycles. The number of hydrogen-bond donors (Lipinski definition) is 5. The van der Waals surface area contributed by atoms with Crippen molar-refractivity contribution >= 4 is 15.0 Å². The van der Waals surface area contributed by atoms with Gasteiger partial charge in [0.1, 0.15) is 0 Å². The molecule has 0 saturated carbocycles. The van der Waals surface area contributed by atoms with E-state index in [-0.39, 0.29) is 19.8 Å². The predicted octanol–water partition coefficient (Wildman–Crippen LogP) is 6.72. The summed E-state index contributed by atoms with van der Waals surface area (Å²) in [5.74, 6) is -0.664. The lowest BCUT2D eigenvalue weighted by Crippen LogP contribution is -2.49. The number of unbranched alkanes of at least 4 members (excludes halogenated alkanes) is 12. The third-order valence-electron chi connectivity index (χ3n) is 6.70. The minimum Gasteiger partial charge on any atom is -0.481 e. The van der Waals surface area contributed by atoms with Gasteiger partial charge in [0, 0.05) is 59.1 Å². The number of rotatable bonds is 31. The summed E-state index contributed by atoms with van der Waals surface area (Å²) >= 11 is 0. The van der Waals surface area contributed by atoms with Gasteiger partial charge in [-0.1, -0.05) is 83.8 Å². The van der Waals surface area contributed by atoms with Crippen molar-refractivity contribution < 1.29 is 48.0 Å². The van der Waals surface area contributed by atoms with Gasteiger partial charge >= 0.3 is 15.0 Å². The van der Waals surface area contributed by atoms with Gasteiger partial charge in [-0.2, -0.15) is 0 Å². The molecule has 0 spiro atoms. The quantitative estimate of drug-likeness (QED) is 0.0295. The number of aliphatic hydroxyl groups excluding tert-OH is 4. The first kappa shape index (κ1) is 53.9. The average Bonchev–Trinajstić information content (AvgIpc) is 3.05. The van der Waals surface area contributed by atoms with Crippen LogP contribution in [0.4, 0.5) is 0 Å². The molecule has 5 N–H and O–H groups in total. The largest absolute Gasteiger partial charge is 0.679 e. The monoisotopic (exact) mass is 714 g/mol. The van der Waals surface area contributed by atoms with Crippen molar-refractivity contribution in [3.05, 3.63) is 12.2 Å². The highest BCUT2D eigenvalue weighted by Gasteiger charge is 2.44. The molecule has 0 aliphatic carbocycles. The zero-order chi connectivity index (χ0) is 37.0. The number of carboxylic acid groups (broad SMARTS) is 1. The number of aliphatic carboxylic acids is 1. The molecule has 0 aromatic rings. The standard InChI is InChI=1S/C18H34O2.C8H20O4Si.C6H15NO3.C4H10O/c1-2-3-4-5-6-7-8-9-10-11-12-13-14-15-16-17-18(19)20;1-5-9-13(10-6-2,11-7-3)12-8-4;8-4-1-7(2-5-9)3-6-10;1-2-3-4-5/h9-10H,2-8,11-17H2,1H3,(H,19,20);5-8H2,1-4H3;8-10H,1-6H2;5H,2-4H2,1H3/b10-9-;;;. The fourth-order valence-electron chi connectivity index (χ4n) is 4.22. The molecular formula is C36H79NO10Si. The lowest BCUT2D eigenvalue weighted by Gasteiger charge is -2.26. The first-order valence-corrected chi connectivity index (χ1v) is 20.5. The first-order chi connectivity index (χ1) is 23.3. The lowest BCUT2D eigenvalue weighted by molar-refractivity contribution is -0.137. The first-order valence-electron chi connectivity index (χ1n) is 18.9. The van der Waals surface area contributed by atoms with E-state index in [1.54, 1.807) is 4.90 Å². The number of nitrogens with zero attached hydrogens (tertiary/aromatic N) is 1. The summed E-state index contributed by atoms with van der Waals surface area (Å²) in [6, 6.07) is 0. The van der Waals surface area contributed by atoms with Crippen LogP contribution in [0.15, 0.2) is 12.2 Å². The van der Waals surface area contributed by atoms with Gasteiger partial charge in [0.25, 0.3) is 0 Å². The van der Waals surface area contributed by atoms with Crippen LogP contribution < -0.4 is 0 Å². The van der Waals surface area contributed by atoms with E-state index in [0.29, 0.717) is 59.1 Å². The summed E-state index contributed by atoms with van der Waals surface area (Å²) in [7, 11) is -2.80. The third kappa shape index (κ3) is 47.2. The molecule has 0 aliphatic heterocycles. The topological polar surface area (TPSA) is 158 Å². The average molecular weight is 714 g/mol. The molecule has 0 aliphatic rings. The Morgan fingerprint density at radius 2 is 0.875 bits per heavy atom. The zero-order valence-electron chi connectivity index (χ0n) is 32.0. The van der Waals surface area contributed by atoms with Crippen LogP contribution in [0.25, 0.3) is 0 Å². The maximum atomic E-state index is 10.3. The van der Waals surface area contributed by atoms with Gasteiger partial charge < -0.3 is 43.2 Å². The van der Waals surface area contributed by atoms with Crippen molar-refractivity contribution in [1.82, 2.24) is 4.90 Å². The second-order valence-corrected chi connectivity index (χ2v) is 13.2. The fraction of sp³-hybridized carbons (Fsp3) is 0.917. The third-order valence-corrected chi connectivity index (χ3v) is 9.27. The summed E-state index contributed by atoms with van der Waals surface area (Å²) in [5, 5.41) is 42.0. The molecule has 0 fully saturated rings. The van der Waals surface area contributed by atoms with Crippen molar-refractivity contribution in [3.8, 4) is 0 Å². The van der Waals surface area contributed by atoms with Crippen LogP contribution in [-0.4, -0.2) is 118 Å². The molecule has 11 nitrogen and oxygen atoms in total. The van der Waals surface area contributed by atoms with Gasteiger partial charge in [0.05, 0.1) is 19.8 Å². The molecule has 0 rings (SSSR count). The predicted molar refractivity (Wildman–Crippen MR) is 199 cm³/mol. The molecule has 0 aromatic heterocycles. The van der Waals surface area contributed by atoms with E-state index >= 15 is 0 Å². The number of hydrogen-bond acceptors (Lipinski definition) is 10. The number of carbonyl (C=O) groups is 1. The second kappa shape index (κ2) is 48.2. The fourth-order valence-corrected chi connectivity index (χ4v) is 6.14. The molecule has 0 amide bonds. The SMILES string of the molecule is CCCCCCCC/C=C\CCCCCCCC(=O)O.CCCCO.CCO[Si](OCC)(OCC)OCC.OCCN(CCO)CCO. The van der Waals surface area contributed by atoms with Gasteiger partial charge in [-0.3, -0.25) is 9.69 Å². The molecule has 0 unspecified atom stereocenters.